The quantitative estimate of drug-likeness (QED) is 0.605. The summed E-state index contributed by atoms with van der Waals surface area (Å²) in [6.45, 7) is 3.48. The van der Waals surface area contributed by atoms with Gasteiger partial charge in [0.15, 0.2) is 0 Å². The molecule has 0 amide bonds. The number of likely N-dealkylation sites (tertiary alicyclic amines) is 1. The Balaban J connectivity index is 1.91. The first kappa shape index (κ1) is 9.83. The summed E-state index contributed by atoms with van der Waals surface area (Å²) in [5, 5.41) is 0. The van der Waals surface area contributed by atoms with Crippen LogP contribution in [0.1, 0.15) is 32.6 Å². The fourth-order valence-corrected chi connectivity index (χ4v) is 4.34. The molecule has 2 aliphatic carbocycles. The zero-order valence-corrected chi connectivity index (χ0v) is 9.78. The largest absolute Gasteiger partial charge is 0.303 e. The molecule has 84 valence electrons. The van der Waals surface area contributed by atoms with Crippen LogP contribution in [0.3, 0.4) is 0 Å². The van der Waals surface area contributed by atoms with Crippen molar-refractivity contribution in [2.75, 3.05) is 13.6 Å². The lowest BCUT2D eigenvalue weighted by atomic mass is 9.60. The Morgan fingerprint density at radius 3 is 2.87 bits per heavy atom. The van der Waals surface area contributed by atoms with Crippen LogP contribution in [-0.2, 0) is 4.79 Å². The van der Waals surface area contributed by atoms with Crippen LogP contribution in [0.15, 0.2) is 0 Å². The molecule has 1 saturated heterocycles. The molecule has 2 nitrogen and oxygen atoms in total. The van der Waals surface area contributed by atoms with Crippen molar-refractivity contribution in [2.24, 2.45) is 23.7 Å². The van der Waals surface area contributed by atoms with E-state index >= 15 is 0 Å². The molecule has 2 heteroatoms. The zero-order valence-electron chi connectivity index (χ0n) is 9.78. The molecule has 5 unspecified atom stereocenters. The Morgan fingerprint density at radius 1 is 1.27 bits per heavy atom. The summed E-state index contributed by atoms with van der Waals surface area (Å²) >= 11 is 0. The highest BCUT2D eigenvalue weighted by atomic mass is 16.1. The van der Waals surface area contributed by atoms with Gasteiger partial charge in [0, 0.05) is 24.9 Å². The number of carbonyl (C=O) groups excluding carboxylic acids is 1. The SMILES string of the molecule is CC1CC2C(=O)CC3CC2C(C1)N(C)C3. The van der Waals surface area contributed by atoms with Crippen LogP contribution in [0.2, 0.25) is 0 Å². The van der Waals surface area contributed by atoms with Crippen molar-refractivity contribution < 1.29 is 4.79 Å². The van der Waals surface area contributed by atoms with Gasteiger partial charge in [-0.15, -0.1) is 0 Å². The third-order valence-corrected chi connectivity index (χ3v) is 4.93. The molecule has 0 N–H and O–H groups in total. The van der Waals surface area contributed by atoms with Crippen molar-refractivity contribution >= 4 is 5.78 Å². The number of nitrogens with zero attached hydrogens (tertiary/aromatic N) is 1. The Kier molecular flexibility index (Phi) is 2.17. The third-order valence-electron chi connectivity index (χ3n) is 4.93. The maximum Gasteiger partial charge on any atom is 0.136 e. The number of hydrogen-bond acceptors (Lipinski definition) is 2. The van der Waals surface area contributed by atoms with Crippen LogP contribution in [0, 0.1) is 23.7 Å². The molecule has 2 bridgehead atoms. The van der Waals surface area contributed by atoms with Crippen LogP contribution in [0.25, 0.3) is 0 Å². The summed E-state index contributed by atoms with van der Waals surface area (Å²) in [6, 6.07) is 0.708. The highest BCUT2D eigenvalue weighted by molar-refractivity contribution is 5.82. The Labute approximate surface area is 92.0 Å². The summed E-state index contributed by atoms with van der Waals surface area (Å²) in [5.41, 5.74) is 0. The molecule has 15 heavy (non-hydrogen) atoms. The minimum absolute atomic E-state index is 0.415. The number of piperidine rings is 1. The average Bonchev–Trinajstić information content (AvgIpc) is 2.17. The monoisotopic (exact) mass is 207 g/mol. The lowest BCUT2D eigenvalue weighted by Gasteiger charge is -2.53. The molecule has 0 aromatic carbocycles. The average molecular weight is 207 g/mol. The van der Waals surface area contributed by atoms with Gasteiger partial charge < -0.3 is 4.90 Å². The van der Waals surface area contributed by atoms with E-state index in [4.69, 9.17) is 0 Å². The molecule has 0 aromatic heterocycles. The highest BCUT2D eigenvalue weighted by Crippen LogP contribution is 2.47. The molecule has 5 atom stereocenters. The van der Waals surface area contributed by atoms with Gasteiger partial charge in [0.1, 0.15) is 5.78 Å². The predicted molar refractivity (Wildman–Crippen MR) is 59.5 cm³/mol. The Morgan fingerprint density at radius 2 is 2.07 bits per heavy atom. The van der Waals surface area contributed by atoms with E-state index in [1.54, 1.807) is 0 Å². The van der Waals surface area contributed by atoms with Gasteiger partial charge in [0.2, 0.25) is 0 Å². The maximum atomic E-state index is 12.1. The van der Waals surface area contributed by atoms with E-state index in [0.29, 0.717) is 29.6 Å². The number of fused-ring (bicyclic) bond motifs is 1. The summed E-state index contributed by atoms with van der Waals surface area (Å²) in [6.07, 6.45) is 4.68. The van der Waals surface area contributed by atoms with Crippen LogP contribution in [0.5, 0.6) is 0 Å². The minimum Gasteiger partial charge on any atom is -0.303 e. The summed E-state index contributed by atoms with van der Waals surface area (Å²) in [4.78, 5) is 14.6. The van der Waals surface area contributed by atoms with E-state index in [9.17, 15) is 4.79 Å². The number of hydrogen-bond donors (Lipinski definition) is 0. The molecule has 3 fully saturated rings. The van der Waals surface area contributed by atoms with E-state index in [1.807, 2.05) is 0 Å². The molecular formula is C13H21NO. The van der Waals surface area contributed by atoms with Crippen LogP contribution >= 0.6 is 0 Å². The first-order valence-corrected chi connectivity index (χ1v) is 6.38. The van der Waals surface area contributed by atoms with Crippen LogP contribution in [-0.4, -0.2) is 30.3 Å². The number of ketones is 1. The fourth-order valence-electron chi connectivity index (χ4n) is 4.34. The normalized spacial score (nSPS) is 50.5. The molecule has 1 heterocycles. The van der Waals surface area contributed by atoms with Gasteiger partial charge in [-0.25, -0.2) is 0 Å². The molecule has 0 spiro atoms. The summed E-state index contributed by atoms with van der Waals surface area (Å²) < 4.78 is 0. The van der Waals surface area contributed by atoms with Crippen molar-refractivity contribution in [3.05, 3.63) is 0 Å². The Bertz CT molecular complexity index is 288. The minimum atomic E-state index is 0.415. The van der Waals surface area contributed by atoms with Crippen LogP contribution < -0.4 is 0 Å². The van der Waals surface area contributed by atoms with E-state index in [0.717, 1.165) is 18.9 Å². The van der Waals surface area contributed by atoms with Gasteiger partial charge >= 0.3 is 0 Å². The number of Topliss-reactive ketones (excluding diaryl/α,β-unsaturated/α-hetero) is 1. The third kappa shape index (κ3) is 1.45. The standard InChI is InChI=1S/C13H21NO/c1-8-3-11-10-5-9(6-13(11)15)7-14(2)12(10)4-8/h8-12H,3-7H2,1-2H3. The molecule has 3 aliphatic rings. The van der Waals surface area contributed by atoms with E-state index in [2.05, 4.69) is 18.9 Å². The molecule has 3 rings (SSSR count). The van der Waals surface area contributed by atoms with Crippen LogP contribution in [0.4, 0.5) is 0 Å². The topological polar surface area (TPSA) is 20.3 Å². The number of carbonyl (C=O) groups is 1. The van der Waals surface area contributed by atoms with Gasteiger partial charge in [-0.2, -0.15) is 0 Å². The smallest absolute Gasteiger partial charge is 0.136 e. The molecule has 0 radical (unpaired) electrons. The zero-order chi connectivity index (χ0) is 10.6. The van der Waals surface area contributed by atoms with Gasteiger partial charge in [-0.1, -0.05) is 6.92 Å². The molecular weight excluding hydrogens is 186 g/mol. The first-order chi connectivity index (χ1) is 7.15. The second-order valence-electron chi connectivity index (χ2n) is 6.13. The summed E-state index contributed by atoms with van der Waals surface area (Å²) in [5.74, 6) is 3.12. The Hall–Kier alpha value is -0.370. The van der Waals surface area contributed by atoms with Gasteiger partial charge in [-0.05, 0) is 44.1 Å². The van der Waals surface area contributed by atoms with Crippen molar-refractivity contribution in [3.8, 4) is 0 Å². The lowest BCUT2D eigenvalue weighted by Crippen LogP contribution is -2.56. The second kappa shape index (κ2) is 3.31. The van der Waals surface area contributed by atoms with Gasteiger partial charge in [-0.3, -0.25) is 4.79 Å². The number of rotatable bonds is 0. The summed E-state index contributed by atoms with van der Waals surface area (Å²) in [7, 11) is 2.26. The van der Waals surface area contributed by atoms with Crippen molar-refractivity contribution in [1.82, 2.24) is 4.90 Å². The van der Waals surface area contributed by atoms with E-state index in [-0.39, 0.29) is 0 Å². The first-order valence-electron chi connectivity index (χ1n) is 6.38. The van der Waals surface area contributed by atoms with E-state index < -0.39 is 0 Å². The highest BCUT2D eigenvalue weighted by Gasteiger charge is 2.48. The van der Waals surface area contributed by atoms with Crippen molar-refractivity contribution in [1.29, 1.82) is 0 Å². The van der Waals surface area contributed by atoms with E-state index in [1.165, 1.54) is 19.3 Å². The lowest BCUT2D eigenvalue weighted by molar-refractivity contribution is -0.138. The molecule has 1 aliphatic heterocycles. The van der Waals surface area contributed by atoms with Gasteiger partial charge in [0.25, 0.3) is 0 Å². The molecule has 2 saturated carbocycles. The maximum absolute atomic E-state index is 12.1. The predicted octanol–water partition coefficient (Wildman–Crippen LogP) is 1.94. The van der Waals surface area contributed by atoms with Crippen molar-refractivity contribution in [3.63, 3.8) is 0 Å². The second-order valence-corrected chi connectivity index (χ2v) is 6.13. The molecule has 0 aromatic rings. The van der Waals surface area contributed by atoms with Gasteiger partial charge in [0.05, 0.1) is 0 Å². The van der Waals surface area contributed by atoms with Crippen molar-refractivity contribution in [2.45, 2.75) is 38.6 Å². The fraction of sp³-hybridized carbons (Fsp3) is 0.923.